The van der Waals surface area contributed by atoms with Crippen LogP contribution in [0.2, 0.25) is 0 Å². The first-order chi connectivity index (χ1) is 21.6. The number of nitrogens with one attached hydrogen (secondary N) is 1. The van der Waals surface area contributed by atoms with Crippen LogP contribution in [0.5, 0.6) is 0 Å². The second kappa shape index (κ2) is 13.4. The normalized spacial score (nSPS) is 11.3. The van der Waals surface area contributed by atoms with Crippen LogP contribution in [-0.4, -0.2) is 34.3 Å². The van der Waals surface area contributed by atoms with E-state index in [2.05, 4.69) is 69.5 Å². The number of fused-ring (bicyclic) bond motifs is 1. The van der Waals surface area contributed by atoms with Crippen LogP contribution in [0.3, 0.4) is 0 Å². The Kier molecular flexibility index (Phi) is 9.40. The van der Waals surface area contributed by atoms with Gasteiger partial charge in [0.05, 0.1) is 25.2 Å². The first kappa shape index (κ1) is 31.5. The Bertz CT molecular complexity index is 1710. The quantitative estimate of drug-likeness (QED) is 0.200. The molecule has 45 heavy (non-hydrogen) atoms. The molecule has 0 spiro atoms. The largest absolute Gasteiger partial charge is 0.377 e. The standard InChI is InChI=1S/C24H16BF4.C14H18N2/c26-21-9-1-5-17(13-21)25(18-6-2-10-22(27)14-18,19-7-3-11-23(28)15-19)20-8-4-12-24(29)16-20;1-15(2)12-9-5-7-11-8-6-10-13(14(11)12)16(3)4/h1-16H;5-10H,1-4H3/q-1;/p+1. The van der Waals surface area contributed by atoms with E-state index in [1.165, 1.54) is 75.6 Å². The first-order valence-electron chi connectivity index (χ1n) is 14.8. The van der Waals surface area contributed by atoms with Gasteiger partial charge in [-0.05, 0) is 41.8 Å². The molecule has 0 saturated heterocycles. The Morgan fingerprint density at radius 2 is 0.844 bits per heavy atom. The average Bonchev–Trinajstić information content (AvgIpc) is 3.01. The summed E-state index contributed by atoms with van der Waals surface area (Å²) >= 11 is 0. The third-order valence-electron chi connectivity index (χ3n) is 8.30. The number of halogens is 4. The summed E-state index contributed by atoms with van der Waals surface area (Å²) in [5.74, 6) is -1.95. The van der Waals surface area contributed by atoms with Crippen molar-refractivity contribution in [3.63, 3.8) is 0 Å². The van der Waals surface area contributed by atoms with E-state index in [1.54, 1.807) is 48.5 Å². The lowest BCUT2D eigenvalue weighted by molar-refractivity contribution is -0.785. The van der Waals surface area contributed by atoms with E-state index in [9.17, 15) is 17.6 Å². The third kappa shape index (κ3) is 6.49. The third-order valence-corrected chi connectivity index (χ3v) is 8.30. The minimum Gasteiger partial charge on any atom is -0.377 e. The Hall–Kier alpha value is -4.88. The zero-order valence-electron chi connectivity index (χ0n) is 25.7. The molecule has 6 aromatic rings. The summed E-state index contributed by atoms with van der Waals surface area (Å²) in [4.78, 5) is 3.54. The Balaban J connectivity index is 0.000000211. The van der Waals surface area contributed by atoms with Gasteiger partial charge >= 0.3 is 0 Å². The molecule has 7 heteroatoms. The Morgan fingerprint density at radius 3 is 1.18 bits per heavy atom. The van der Waals surface area contributed by atoms with Gasteiger partial charge in [0.15, 0.2) is 0 Å². The average molecular weight is 607 g/mol. The van der Waals surface area contributed by atoms with Gasteiger partial charge in [0.2, 0.25) is 0 Å². The van der Waals surface area contributed by atoms with Crippen LogP contribution in [0.1, 0.15) is 0 Å². The summed E-state index contributed by atoms with van der Waals surface area (Å²) in [6, 6.07) is 36.5. The van der Waals surface area contributed by atoms with Crippen LogP contribution in [0.15, 0.2) is 133 Å². The summed E-state index contributed by atoms with van der Waals surface area (Å²) in [5, 5.41) is 2.67. The molecule has 228 valence electrons. The minimum atomic E-state index is -2.25. The fourth-order valence-corrected chi connectivity index (χ4v) is 6.37. The summed E-state index contributed by atoms with van der Waals surface area (Å²) in [6.07, 6.45) is -2.25. The number of hydrogen-bond donors (Lipinski definition) is 1. The SMILES string of the molecule is CN(C)c1cccc2cccc([NH+](C)C)c12.Fc1cccc([B-](c2cccc(F)c2)(c2cccc(F)c2)c2cccc(F)c2)c1. The van der Waals surface area contributed by atoms with E-state index in [1.807, 2.05) is 0 Å². The van der Waals surface area contributed by atoms with Gasteiger partial charge in [0, 0.05) is 14.1 Å². The molecule has 0 atom stereocenters. The predicted molar refractivity (Wildman–Crippen MR) is 181 cm³/mol. The number of hydrogen-bond acceptors (Lipinski definition) is 1. The fourth-order valence-electron chi connectivity index (χ4n) is 6.37. The van der Waals surface area contributed by atoms with Crippen molar-refractivity contribution in [2.24, 2.45) is 0 Å². The highest BCUT2D eigenvalue weighted by atomic mass is 19.1. The molecular formula is C38H35BF4N2. The highest BCUT2D eigenvalue weighted by Gasteiger charge is 2.33. The summed E-state index contributed by atoms with van der Waals surface area (Å²) in [7, 11) is 8.52. The Labute approximate surface area is 262 Å². The molecule has 0 radical (unpaired) electrons. The molecule has 0 aliphatic rings. The van der Waals surface area contributed by atoms with Crippen LogP contribution >= 0.6 is 0 Å². The van der Waals surface area contributed by atoms with Crippen molar-refractivity contribution in [3.05, 3.63) is 157 Å². The van der Waals surface area contributed by atoms with E-state index in [0.29, 0.717) is 21.9 Å². The lowest BCUT2D eigenvalue weighted by Crippen LogP contribution is -3.00. The van der Waals surface area contributed by atoms with Gasteiger partial charge in [0.25, 0.3) is 0 Å². The van der Waals surface area contributed by atoms with Crippen LogP contribution in [-0.2, 0) is 0 Å². The maximum Gasteiger partial charge on any atom is 0.140 e. The topological polar surface area (TPSA) is 7.68 Å². The predicted octanol–water partition coefficient (Wildman–Crippen LogP) is 5.30. The van der Waals surface area contributed by atoms with E-state index >= 15 is 0 Å². The van der Waals surface area contributed by atoms with Gasteiger partial charge in [-0.3, -0.25) is 0 Å². The van der Waals surface area contributed by atoms with Gasteiger partial charge in [-0.1, -0.05) is 97.1 Å². The second-order valence-corrected chi connectivity index (χ2v) is 11.7. The number of benzene rings is 6. The van der Waals surface area contributed by atoms with Crippen molar-refractivity contribution in [1.29, 1.82) is 0 Å². The summed E-state index contributed by atoms with van der Waals surface area (Å²) < 4.78 is 57.1. The molecule has 6 rings (SSSR count). The van der Waals surface area contributed by atoms with Gasteiger partial charge < -0.3 is 9.80 Å². The lowest BCUT2D eigenvalue weighted by atomic mass is 9.13. The van der Waals surface area contributed by atoms with E-state index < -0.39 is 29.4 Å². The van der Waals surface area contributed by atoms with Crippen molar-refractivity contribution in [2.45, 2.75) is 0 Å². The van der Waals surface area contributed by atoms with Gasteiger partial charge in [-0.2, -0.15) is 21.9 Å². The molecule has 2 nitrogen and oxygen atoms in total. The molecule has 6 aromatic carbocycles. The smallest absolute Gasteiger partial charge is 0.140 e. The van der Waals surface area contributed by atoms with Crippen LogP contribution in [0.25, 0.3) is 10.8 Å². The minimum absolute atomic E-state index is 0.488. The molecule has 1 N–H and O–H groups in total. The van der Waals surface area contributed by atoms with E-state index in [-0.39, 0.29) is 0 Å². The lowest BCUT2D eigenvalue weighted by Gasteiger charge is -2.44. The number of quaternary nitrogens is 1. The van der Waals surface area contributed by atoms with Gasteiger partial charge in [-0.15, -0.1) is 0 Å². The second-order valence-electron chi connectivity index (χ2n) is 11.7. The first-order valence-corrected chi connectivity index (χ1v) is 14.8. The molecule has 0 aromatic heterocycles. The van der Waals surface area contributed by atoms with Crippen LogP contribution in [0.4, 0.5) is 28.9 Å². The number of nitrogens with zero attached hydrogens (tertiary/aromatic N) is 1. The van der Waals surface area contributed by atoms with E-state index in [0.717, 1.165) is 0 Å². The summed E-state index contributed by atoms with van der Waals surface area (Å²) in [6.45, 7) is 0. The van der Waals surface area contributed by atoms with Crippen molar-refractivity contribution in [2.75, 3.05) is 33.1 Å². The van der Waals surface area contributed by atoms with Crippen molar-refractivity contribution in [3.8, 4) is 0 Å². The zero-order valence-corrected chi connectivity index (χ0v) is 25.7. The molecule has 0 aliphatic heterocycles. The molecule has 0 fully saturated rings. The summed E-state index contributed by atoms with van der Waals surface area (Å²) in [5.41, 5.74) is 4.60. The van der Waals surface area contributed by atoms with Crippen LogP contribution < -0.4 is 31.7 Å². The molecular weight excluding hydrogens is 571 g/mol. The maximum absolute atomic E-state index is 14.3. The van der Waals surface area contributed by atoms with Crippen molar-refractivity contribution in [1.82, 2.24) is 0 Å². The molecule has 0 saturated carbocycles. The monoisotopic (exact) mass is 606 g/mol. The van der Waals surface area contributed by atoms with E-state index in [4.69, 9.17) is 0 Å². The molecule has 0 bridgehead atoms. The van der Waals surface area contributed by atoms with Crippen LogP contribution in [0, 0.1) is 23.3 Å². The zero-order chi connectivity index (χ0) is 32.1. The highest BCUT2D eigenvalue weighted by Crippen LogP contribution is 2.30. The number of rotatable bonds is 6. The molecule has 0 aliphatic carbocycles. The van der Waals surface area contributed by atoms with Gasteiger partial charge in [-0.25, -0.2) is 17.6 Å². The van der Waals surface area contributed by atoms with Crippen molar-refractivity contribution < 1.29 is 22.5 Å². The highest BCUT2D eigenvalue weighted by molar-refractivity contribution is 7.19. The molecule has 0 amide bonds. The Morgan fingerprint density at radius 1 is 0.489 bits per heavy atom. The molecule has 0 heterocycles. The van der Waals surface area contributed by atoms with Gasteiger partial charge in [0.1, 0.15) is 35.1 Å². The van der Waals surface area contributed by atoms with Crippen molar-refractivity contribution >= 4 is 50.1 Å². The maximum atomic E-state index is 14.3. The number of anilines is 1. The molecule has 0 unspecified atom stereocenters. The fraction of sp³-hybridized carbons (Fsp3) is 0.105.